The molecule has 1 aromatic heterocycles. The molecule has 0 saturated carbocycles. The number of nitrogens with one attached hydrogen (secondary N) is 1. The Morgan fingerprint density at radius 1 is 1.30 bits per heavy atom. The van der Waals surface area contributed by atoms with Crippen molar-refractivity contribution in [3.8, 4) is 11.5 Å². The second kappa shape index (κ2) is 6.88. The van der Waals surface area contributed by atoms with Crippen LogP contribution in [0.3, 0.4) is 0 Å². The monoisotopic (exact) mass is 291 g/mol. The van der Waals surface area contributed by atoms with Gasteiger partial charge in [0.15, 0.2) is 11.4 Å². The predicted molar refractivity (Wildman–Crippen MR) is 77.2 cm³/mol. The number of hydrogen-bond donors (Lipinski definition) is 2. The first kappa shape index (κ1) is 14.3. The summed E-state index contributed by atoms with van der Waals surface area (Å²) >= 11 is 5.81. The van der Waals surface area contributed by atoms with E-state index in [0.717, 1.165) is 0 Å². The first-order chi connectivity index (χ1) is 9.70. The van der Waals surface area contributed by atoms with Crippen LogP contribution in [0.5, 0.6) is 11.5 Å². The van der Waals surface area contributed by atoms with Gasteiger partial charge >= 0.3 is 0 Å². The highest BCUT2D eigenvalue weighted by atomic mass is 35.5. The Kier molecular flexibility index (Phi) is 4.92. The fraction of sp³-hybridized carbons (Fsp3) is 0.143. The van der Waals surface area contributed by atoms with Crippen LogP contribution in [0.1, 0.15) is 10.5 Å². The van der Waals surface area contributed by atoms with Crippen LogP contribution >= 0.6 is 11.6 Å². The third-order valence-corrected chi connectivity index (χ3v) is 2.71. The van der Waals surface area contributed by atoms with E-state index in [-0.39, 0.29) is 11.6 Å². The fourth-order valence-corrected chi connectivity index (χ4v) is 1.67. The Morgan fingerprint density at radius 3 is 2.75 bits per heavy atom. The largest absolute Gasteiger partial charge is 0.455 e. The van der Waals surface area contributed by atoms with Crippen molar-refractivity contribution in [3.63, 3.8) is 0 Å². The number of pyridine rings is 1. The Morgan fingerprint density at radius 2 is 2.05 bits per heavy atom. The van der Waals surface area contributed by atoms with Gasteiger partial charge in [-0.05, 0) is 36.4 Å². The molecule has 0 fully saturated rings. The van der Waals surface area contributed by atoms with E-state index in [1.807, 2.05) is 0 Å². The van der Waals surface area contributed by atoms with E-state index in [1.54, 1.807) is 36.4 Å². The average Bonchev–Trinajstić information content (AvgIpc) is 2.48. The summed E-state index contributed by atoms with van der Waals surface area (Å²) in [5.41, 5.74) is 5.57. The van der Waals surface area contributed by atoms with Gasteiger partial charge < -0.3 is 15.8 Å². The molecule has 3 N–H and O–H groups in total. The second-order valence-electron chi connectivity index (χ2n) is 3.95. The number of amides is 1. The van der Waals surface area contributed by atoms with E-state index in [2.05, 4.69) is 10.3 Å². The zero-order chi connectivity index (χ0) is 14.4. The molecule has 0 aliphatic heterocycles. The quantitative estimate of drug-likeness (QED) is 0.885. The number of nitrogens with zero attached hydrogens (tertiary/aromatic N) is 1. The first-order valence-electron chi connectivity index (χ1n) is 6.07. The molecule has 0 atom stereocenters. The lowest BCUT2D eigenvalue weighted by Crippen LogP contribution is -2.29. The van der Waals surface area contributed by atoms with Crippen LogP contribution in [-0.4, -0.2) is 24.0 Å². The number of benzene rings is 1. The van der Waals surface area contributed by atoms with Crippen LogP contribution in [0.2, 0.25) is 5.02 Å². The lowest BCUT2D eigenvalue weighted by molar-refractivity contribution is 0.0947. The topological polar surface area (TPSA) is 77.2 Å². The van der Waals surface area contributed by atoms with Crippen molar-refractivity contribution < 1.29 is 9.53 Å². The van der Waals surface area contributed by atoms with Gasteiger partial charge in [-0.3, -0.25) is 4.79 Å². The predicted octanol–water partition coefficient (Wildman–Crippen LogP) is 2.22. The standard InChI is InChI=1S/C14H14ClN3O2/c15-10-3-5-11(6-4-10)20-12-2-1-8-17-13(12)14(19)18-9-7-16/h1-6,8H,7,9,16H2,(H,18,19). The molecule has 5 nitrogen and oxygen atoms in total. The highest BCUT2D eigenvalue weighted by molar-refractivity contribution is 6.30. The molecular weight excluding hydrogens is 278 g/mol. The minimum absolute atomic E-state index is 0.218. The van der Waals surface area contributed by atoms with Crippen molar-refractivity contribution in [1.29, 1.82) is 0 Å². The average molecular weight is 292 g/mol. The maximum Gasteiger partial charge on any atom is 0.273 e. The third-order valence-electron chi connectivity index (χ3n) is 2.46. The van der Waals surface area contributed by atoms with Gasteiger partial charge in [-0.2, -0.15) is 0 Å². The summed E-state index contributed by atoms with van der Waals surface area (Å²) < 4.78 is 5.65. The van der Waals surface area contributed by atoms with Crippen LogP contribution in [0.4, 0.5) is 0 Å². The van der Waals surface area contributed by atoms with Crippen LogP contribution in [0, 0.1) is 0 Å². The van der Waals surface area contributed by atoms with Gasteiger partial charge in [0.2, 0.25) is 0 Å². The van der Waals surface area contributed by atoms with Gasteiger partial charge in [-0.15, -0.1) is 0 Å². The summed E-state index contributed by atoms with van der Waals surface area (Å²) in [6.07, 6.45) is 1.53. The number of nitrogens with two attached hydrogens (primary N) is 1. The number of aromatic nitrogens is 1. The molecule has 0 spiro atoms. The molecule has 2 rings (SSSR count). The molecule has 0 bridgehead atoms. The molecule has 20 heavy (non-hydrogen) atoms. The number of halogens is 1. The molecule has 0 unspecified atom stereocenters. The molecule has 2 aromatic rings. The molecule has 1 amide bonds. The minimum Gasteiger partial charge on any atom is -0.455 e. The van der Waals surface area contributed by atoms with Gasteiger partial charge in [0.1, 0.15) is 5.75 Å². The normalized spacial score (nSPS) is 10.1. The lowest BCUT2D eigenvalue weighted by Gasteiger charge is -2.10. The van der Waals surface area contributed by atoms with E-state index in [0.29, 0.717) is 29.6 Å². The zero-order valence-electron chi connectivity index (χ0n) is 10.7. The van der Waals surface area contributed by atoms with E-state index in [4.69, 9.17) is 22.1 Å². The molecule has 104 valence electrons. The highest BCUT2D eigenvalue weighted by Gasteiger charge is 2.13. The zero-order valence-corrected chi connectivity index (χ0v) is 11.4. The van der Waals surface area contributed by atoms with E-state index >= 15 is 0 Å². The van der Waals surface area contributed by atoms with Crippen molar-refractivity contribution in [2.45, 2.75) is 0 Å². The molecule has 0 aliphatic carbocycles. The van der Waals surface area contributed by atoms with Gasteiger partial charge in [0, 0.05) is 24.3 Å². The Bertz CT molecular complexity index is 587. The Balaban J connectivity index is 2.19. The summed E-state index contributed by atoms with van der Waals surface area (Å²) in [4.78, 5) is 16.0. The van der Waals surface area contributed by atoms with Crippen molar-refractivity contribution in [2.24, 2.45) is 5.73 Å². The fourth-order valence-electron chi connectivity index (χ4n) is 1.54. The molecule has 0 saturated heterocycles. The summed E-state index contributed by atoms with van der Waals surface area (Å²) in [7, 11) is 0. The number of carbonyl (C=O) groups is 1. The van der Waals surface area contributed by atoms with Gasteiger partial charge in [0.05, 0.1) is 0 Å². The van der Waals surface area contributed by atoms with Crippen molar-refractivity contribution in [2.75, 3.05) is 13.1 Å². The molecule has 0 aliphatic rings. The van der Waals surface area contributed by atoms with Gasteiger partial charge in [-0.25, -0.2) is 4.98 Å². The molecule has 1 heterocycles. The van der Waals surface area contributed by atoms with E-state index in [1.165, 1.54) is 6.20 Å². The van der Waals surface area contributed by atoms with Crippen molar-refractivity contribution >= 4 is 17.5 Å². The maximum atomic E-state index is 11.9. The summed E-state index contributed by atoms with van der Waals surface area (Å²) in [5.74, 6) is 0.639. The summed E-state index contributed by atoms with van der Waals surface area (Å²) in [6, 6.07) is 10.2. The van der Waals surface area contributed by atoms with Crippen molar-refractivity contribution in [3.05, 3.63) is 53.3 Å². The van der Waals surface area contributed by atoms with Crippen LogP contribution in [0.15, 0.2) is 42.6 Å². The van der Waals surface area contributed by atoms with E-state index < -0.39 is 0 Å². The maximum absolute atomic E-state index is 11.9. The smallest absolute Gasteiger partial charge is 0.273 e. The molecule has 0 radical (unpaired) electrons. The Hall–Kier alpha value is -2.11. The van der Waals surface area contributed by atoms with Crippen LogP contribution in [-0.2, 0) is 0 Å². The lowest BCUT2D eigenvalue weighted by atomic mass is 10.3. The Labute approximate surface area is 121 Å². The van der Waals surface area contributed by atoms with Gasteiger partial charge in [0.25, 0.3) is 5.91 Å². The summed E-state index contributed by atoms with van der Waals surface area (Å²) in [6.45, 7) is 0.752. The number of rotatable bonds is 5. The second-order valence-corrected chi connectivity index (χ2v) is 4.39. The first-order valence-corrected chi connectivity index (χ1v) is 6.45. The molecule has 6 heteroatoms. The minimum atomic E-state index is -0.319. The van der Waals surface area contributed by atoms with E-state index in [9.17, 15) is 4.79 Å². The van der Waals surface area contributed by atoms with Gasteiger partial charge in [-0.1, -0.05) is 11.6 Å². The molecule has 1 aromatic carbocycles. The SMILES string of the molecule is NCCNC(=O)c1ncccc1Oc1ccc(Cl)cc1. The summed E-state index contributed by atoms with van der Waals surface area (Å²) in [5, 5.41) is 3.27. The van der Waals surface area contributed by atoms with Crippen LogP contribution in [0.25, 0.3) is 0 Å². The number of hydrogen-bond acceptors (Lipinski definition) is 4. The highest BCUT2D eigenvalue weighted by Crippen LogP contribution is 2.25. The molecular formula is C14H14ClN3O2. The number of ether oxygens (including phenoxy) is 1. The third kappa shape index (κ3) is 3.69. The number of carbonyl (C=O) groups excluding carboxylic acids is 1. The van der Waals surface area contributed by atoms with Crippen LogP contribution < -0.4 is 15.8 Å². The van der Waals surface area contributed by atoms with Crippen molar-refractivity contribution in [1.82, 2.24) is 10.3 Å².